The van der Waals surface area contributed by atoms with E-state index < -0.39 is 17.8 Å². The molecule has 0 bridgehead atoms. The van der Waals surface area contributed by atoms with E-state index in [1.165, 1.54) is 39.7 Å². The summed E-state index contributed by atoms with van der Waals surface area (Å²) >= 11 is 0. The lowest BCUT2D eigenvalue weighted by Crippen LogP contribution is -2.40. The molecule has 8 nitrogen and oxygen atoms in total. The Kier molecular flexibility index (Phi) is 6.12. The third kappa shape index (κ3) is 4.75. The fraction of sp³-hybridized carbons (Fsp3) is 0.385. The van der Waals surface area contributed by atoms with E-state index in [0.29, 0.717) is 5.88 Å². The molecule has 0 aliphatic rings. The Hall–Kier alpha value is -2.64. The lowest BCUT2D eigenvalue weighted by molar-refractivity contribution is -0.144. The predicted molar refractivity (Wildman–Crippen MR) is 70.7 cm³/mol. The van der Waals surface area contributed by atoms with Gasteiger partial charge in [-0.3, -0.25) is 14.4 Å². The minimum atomic E-state index is -0.645. The van der Waals surface area contributed by atoms with Crippen molar-refractivity contribution in [3.05, 3.63) is 23.9 Å². The van der Waals surface area contributed by atoms with Crippen molar-refractivity contribution in [3.8, 4) is 5.88 Å². The zero-order valence-electron chi connectivity index (χ0n) is 12.0. The molecule has 8 heteroatoms. The van der Waals surface area contributed by atoms with E-state index in [1.807, 2.05) is 0 Å². The van der Waals surface area contributed by atoms with Gasteiger partial charge in [-0.1, -0.05) is 0 Å². The Bertz CT molecular complexity index is 496. The van der Waals surface area contributed by atoms with Crippen LogP contribution < -0.4 is 4.74 Å². The van der Waals surface area contributed by atoms with Crippen LogP contribution in [0.1, 0.15) is 10.4 Å². The molecule has 114 valence electrons. The van der Waals surface area contributed by atoms with E-state index in [4.69, 9.17) is 4.74 Å². The number of carbonyl (C=O) groups is 3. The molecule has 0 aromatic carbocycles. The topological polar surface area (TPSA) is 95.0 Å². The van der Waals surface area contributed by atoms with E-state index in [-0.39, 0.29) is 18.7 Å². The fourth-order valence-electron chi connectivity index (χ4n) is 1.45. The average Bonchev–Trinajstić information content (AvgIpc) is 2.53. The molecule has 0 atom stereocenters. The molecule has 0 saturated carbocycles. The van der Waals surface area contributed by atoms with Gasteiger partial charge in [-0.15, -0.1) is 0 Å². The molecule has 0 saturated heterocycles. The molecule has 0 N–H and O–H groups in total. The fourth-order valence-corrected chi connectivity index (χ4v) is 1.45. The second-order valence-corrected chi connectivity index (χ2v) is 3.90. The number of amides is 1. The molecular formula is C13H16N2O6. The predicted octanol–water partition coefficient (Wildman–Crippen LogP) is -0.122. The van der Waals surface area contributed by atoms with Crippen molar-refractivity contribution in [2.45, 2.75) is 0 Å². The molecule has 1 heterocycles. The Morgan fingerprint density at radius 2 is 1.62 bits per heavy atom. The third-order valence-corrected chi connectivity index (χ3v) is 2.57. The molecule has 21 heavy (non-hydrogen) atoms. The molecule has 1 rings (SSSR count). The molecule has 1 amide bonds. The van der Waals surface area contributed by atoms with Crippen LogP contribution in [0.5, 0.6) is 5.88 Å². The summed E-state index contributed by atoms with van der Waals surface area (Å²) in [6, 6.07) is 2.98. The highest BCUT2D eigenvalue weighted by Crippen LogP contribution is 2.09. The van der Waals surface area contributed by atoms with Crippen molar-refractivity contribution in [2.24, 2.45) is 0 Å². The minimum absolute atomic E-state index is 0.212. The number of ether oxygens (including phenoxy) is 3. The first-order chi connectivity index (χ1) is 10.0. The number of hydrogen-bond donors (Lipinski definition) is 0. The molecule has 0 fully saturated rings. The number of carbonyl (C=O) groups excluding carboxylic acids is 3. The number of pyridine rings is 1. The Morgan fingerprint density at radius 3 is 2.00 bits per heavy atom. The van der Waals surface area contributed by atoms with Crippen LogP contribution in [0.15, 0.2) is 18.3 Å². The molecule has 0 unspecified atom stereocenters. The van der Waals surface area contributed by atoms with Gasteiger partial charge in [-0.05, 0) is 6.07 Å². The van der Waals surface area contributed by atoms with Gasteiger partial charge in [0.25, 0.3) is 5.91 Å². The van der Waals surface area contributed by atoms with Gasteiger partial charge in [-0.25, -0.2) is 4.98 Å². The Labute approximate surface area is 121 Å². The molecular weight excluding hydrogens is 280 g/mol. The summed E-state index contributed by atoms with van der Waals surface area (Å²) in [6.07, 6.45) is 1.29. The Morgan fingerprint density at radius 1 is 1.05 bits per heavy atom. The van der Waals surface area contributed by atoms with Crippen molar-refractivity contribution >= 4 is 17.8 Å². The highest BCUT2D eigenvalue weighted by Gasteiger charge is 2.22. The number of nitrogens with zero attached hydrogens (tertiary/aromatic N) is 2. The minimum Gasteiger partial charge on any atom is -0.481 e. The van der Waals surface area contributed by atoms with Crippen molar-refractivity contribution in [1.29, 1.82) is 0 Å². The van der Waals surface area contributed by atoms with Crippen molar-refractivity contribution in [2.75, 3.05) is 34.4 Å². The number of methoxy groups -OCH3 is 3. The van der Waals surface area contributed by atoms with Crippen LogP contribution >= 0.6 is 0 Å². The largest absolute Gasteiger partial charge is 0.481 e. The standard InChI is InChI=1S/C13H16N2O6/c1-19-10-5-4-9(6-14-10)13(18)15(7-11(16)20-2)8-12(17)21-3/h4-6H,7-8H2,1-3H3. The maximum Gasteiger partial charge on any atom is 0.325 e. The van der Waals surface area contributed by atoms with E-state index in [1.54, 1.807) is 0 Å². The number of hydrogen-bond acceptors (Lipinski definition) is 7. The summed E-state index contributed by atoms with van der Waals surface area (Å²) in [5.41, 5.74) is 0.212. The van der Waals surface area contributed by atoms with Crippen LogP contribution in [0.25, 0.3) is 0 Å². The number of esters is 2. The van der Waals surface area contributed by atoms with Gasteiger partial charge in [-0.2, -0.15) is 0 Å². The van der Waals surface area contributed by atoms with Crippen molar-refractivity contribution in [1.82, 2.24) is 9.88 Å². The summed E-state index contributed by atoms with van der Waals surface area (Å²) in [4.78, 5) is 39.8. The third-order valence-electron chi connectivity index (χ3n) is 2.57. The zero-order valence-corrected chi connectivity index (χ0v) is 12.0. The lowest BCUT2D eigenvalue weighted by Gasteiger charge is -2.20. The van der Waals surface area contributed by atoms with Crippen LogP contribution in [0, 0.1) is 0 Å². The number of rotatable bonds is 6. The average molecular weight is 296 g/mol. The van der Waals surface area contributed by atoms with Gasteiger partial charge in [0.1, 0.15) is 13.1 Å². The summed E-state index contributed by atoms with van der Waals surface area (Å²) in [5.74, 6) is -1.48. The second kappa shape index (κ2) is 7.83. The molecule has 0 radical (unpaired) electrons. The molecule has 0 aliphatic heterocycles. The monoisotopic (exact) mass is 296 g/mol. The summed E-state index contributed by atoms with van der Waals surface area (Å²) in [7, 11) is 3.83. The maximum atomic E-state index is 12.3. The first kappa shape index (κ1) is 16.4. The highest BCUT2D eigenvalue weighted by atomic mass is 16.5. The van der Waals surface area contributed by atoms with Crippen LogP contribution in [-0.2, 0) is 19.1 Å². The second-order valence-electron chi connectivity index (χ2n) is 3.90. The normalized spacial score (nSPS) is 9.67. The molecule has 1 aromatic rings. The van der Waals surface area contributed by atoms with Crippen LogP contribution in [0.4, 0.5) is 0 Å². The SMILES string of the molecule is COC(=O)CN(CC(=O)OC)C(=O)c1ccc(OC)nc1. The highest BCUT2D eigenvalue weighted by molar-refractivity contribution is 5.97. The van der Waals surface area contributed by atoms with E-state index in [9.17, 15) is 14.4 Å². The van der Waals surface area contributed by atoms with Gasteiger partial charge in [0.05, 0.1) is 26.9 Å². The van der Waals surface area contributed by atoms with Gasteiger partial charge in [0.15, 0.2) is 0 Å². The van der Waals surface area contributed by atoms with Gasteiger partial charge in [0.2, 0.25) is 5.88 Å². The lowest BCUT2D eigenvalue weighted by atomic mass is 10.2. The van der Waals surface area contributed by atoms with Gasteiger partial charge >= 0.3 is 11.9 Å². The molecule has 0 aliphatic carbocycles. The quantitative estimate of drug-likeness (QED) is 0.675. The summed E-state index contributed by atoms with van der Waals surface area (Å²) < 4.78 is 13.9. The summed E-state index contributed by atoms with van der Waals surface area (Å²) in [5, 5.41) is 0. The van der Waals surface area contributed by atoms with Crippen LogP contribution in [0.3, 0.4) is 0 Å². The first-order valence-corrected chi connectivity index (χ1v) is 5.94. The van der Waals surface area contributed by atoms with E-state index in [0.717, 1.165) is 4.90 Å². The number of aromatic nitrogens is 1. The Balaban J connectivity index is 2.91. The maximum absolute atomic E-state index is 12.3. The van der Waals surface area contributed by atoms with Crippen molar-refractivity contribution in [3.63, 3.8) is 0 Å². The van der Waals surface area contributed by atoms with Crippen LogP contribution in [0.2, 0.25) is 0 Å². The summed E-state index contributed by atoms with van der Waals surface area (Å²) in [6.45, 7) is -0.729. The molecule has 0 spiro atoms. The van der Waals surface area contributed by atoms with Gasteiger partial charge in [0, 0.05) is 12.3 Å². The van der Waals surface area contributed by atoms with Gasteiger partial charge < -0.3 is 19.1 Å². The van der Waals surface area contributed by atoms with E-state index in [2.05, 4.69) is 14.5 Å². The van der Waals surface area contributed by atoms with E-state index >= 15 is 0 Å². The van der Waals surface area contributed by atoms with Crippen LogP contribution in [-0.4, -0.2) is 62.1 Å². The first-order valence-electron chi connectivity index (χ1n) is 5.94. The smallest absolute Gasteiger partial charge is 0.325 e. The van der Waals surface area contributed by atoms with Crippen molar-refractivity contribution < 1.29 is 28.6 Å². The molecule has 1 aromatic heterocycles. The zero-order chi connectivity index (χ0) is 15.8.